The van der Waals surface area contributed by atoms with Crippen molar-refractivity contribution < 1.29 is 9.53 Å². The van der Waals surface area contributed by atoms with Crippen LogP contribution in [0.2, 0.25) is 0 Å². The van der Waals surface area contributed by atoms with E-state index in [9.17, 15) is 4.79 Å². The first-order valence-corrected chi connectivity index (χ1v) is 8.30. The first-order valence-electron chi connectivity index (χ1n) is 7.49. The zero-order chi connectivity index (χ0) is 16.4. The second-order valence-electron chi connectivity index (χ2n) is 6.11. The number of thiophene rings is 1. The Kier molecular flexibility index (Phi) is 4.32. The summed E-state index contributed by atoms with van der Waals surface area (Å²) in [6.07, 6.45) is 3.28. The molecule has 1 aliphatic heterocycles. The first kappa shape index (κ1) is 15.9. The number of amides is 1. The molecule has 0 radical (unpaired) electrons. The Hall–Kier alpha value is -1.99. The molecule has 0 atom stereocenters. The molecule has 2 aromatic heterocycles. The third-order valence-corrected chi connectivity index (χ3v) is 5.12. The maximum Gasteiger partial charge on any atom is 0.261 e. The van der Waals surface area contributed by atoms with Gasteiger partial charge in [-0.1, -0.05) is 13.0 Å². The second-order valence-corrected chi connectivity index (χ2v) is 7.11. The molecule has 6 nitrogen and oxygen atoms in total. The van der Waals surface area contributed by atoms with Gasteiger partial charge in [-0.15, -0.1) is 17.9 Å². The van der Waals surface area contributed by atoms with Crippen LogP contribution in [0.3, 0.4) is 0 Å². The SMILES string of the molecule is C=CCNc1ncnc2sc(C(=O)NCC3(C)COC3)c(C)c12. The van der Waals surface area contributed by atoms with E-state index in [-0.39, 0.29) is 11.3 Å². The Morgan fingerprint density at radius 1 is 1.52 bits per heavy atom. The van der Waals surface area contributed by atoms with Crippen molar-refractivity contribution in [2.45, 2.75) is 13.8 Å². The topological polar surface area (TPSA) is 76.1 Å². The van der Waals surface area contributed by atoms with E-state index in [1.54, 1.807) is 6.08 Å². The van der Waals surface area contributed by atoms with Gasteiger partial charge in [0.1, 0.15) is 17.0 Å². The van der Waals surface area contributed by atoms with Crippen molar-refractivity contribution in [3.05, 3.63) is 29.4 Å². The van der Waals surface area contributed by atoms with E-state index in [0.29, 0.717) is 31.2 Å². The lowest BCUT2D eigenvalue weighted by Gasteiger charge is -2.37. The van der Waals surface area contributed by atoms with Gasteiger partial charge in [0.25, 0.3) is 5.91 Å². The van der Waals surface area contributed by atoms with Gasteiger partial charge in [-0.25, -0.2) is 9.97 Å². The highest BCUT2D eigenvalue weighted by Crippen LogP contribution is 2.33. The van der Waals surface area contributed by atoms with Crippen LogP contribution in [0.25, 0.3) is 10.2 Å². The standard InChI is InChI=1S/C16H20N4O2S/c1-4-5-17-13-11-10(2)12(23-15(11)20-9-19-13)14(21)18-6-16(3)7-22-8-16/h4,9H,1,5-8H2,2-3H3,(H,18,21)(H,17,19,20). The Balaban J connectivity index is 1.84. The smallest absolute Gasteiger partial charge is 0.261 e. The summed E-state index contributed by atoms with van der Waals surface area (Å²) in [6, 6.07) is 0. The number of anilines is 1. The molecule has 2 aromatic rings. The summed E-state index contributed by atoms with van der Waals surface area (Å²) in [5.74, 6) is 0.676. The van der Waals surface area contributed by atoms with Crippen LogP contribution in [0, 0.1) is 12.3 Å². The third-order valence-electron chi connectivity index (χ3n) is 3.92. The molecule has 7 heteroatoms. The van der Waals surface area contributed by atoms with Crippen LogP contribution in [0.5, 0.6) is 0 Å². The average Bonchev–Trinajstić information content (AvgIpc) is 2.86. The predicted molar refractivity (Wildman–Crippen MR) is 92.1 cm³/mol. The Morgan fingerprint density at radius 3 is 2.96 bits per heavy atom. The molecule has 0 aromatic carbocycles. The van der Waals surface area contributed by atoms with Gasteiger partial charge in [0.15, 0.2) is 0 Å². The average molecular weight is 332 g/mol. The number of rotatable bonds is 6. The van der Waals surface area contributed by atoms with Gasteiger partial charge in [-0.3, -0.25) is 4.79 Å². The van der Waals surface area contributed by atoms with E-state index in [2.05, 4.69) is 34.1 Å². The molecule has 0 saturated carbocycles. The van der Waals surface area contributed by atoms with Gasteiger partial charge in [0, 0.05) is 18.5 Å². The van der Waals surface area contributed by atoms with E-state index in [1.165, 1.54) is 17.7 Å². The van der Waals surface area contributed by atoms with Gasteiger partial charge in [0.05, 0.1) is 23.5 Å². The van der Waals surface area contributed by atoms with Crippen molar-refractivity contribution in [2.75, 3.05) is 31.6 Å². The minimum absolute atomic E-state index is 0.0523. The number of hydrogen-bond donors (Lipinski definition) is 2. The quantitative estimate of drug-likeness (QED) is 0.794. The van der Waals surface area contributed by atoms with Crippen molar-refractivity contribution in [1.29, 1.82) is 0 Å². The monoisotopic (exact) mass is 332 g/mol. The predicted octanol–water partition coefficient (Wildman–Crippen LogP) is 2.36. The molecule has 122 valence electrons. The molecule has 23 heavy (non-hydrogen) atoms. The summed E-state index contributed by atoms with van der Waals surface area (Å²) < 4.78 is 5.22. The van der Waals surface area contributed by atoms with Gasteiger partial charge < -0.3 is 15.4 Å². The fourth-order valence-electron chi connectivity index (χ4n) is 2.52. The molecule has 1 amide bonds. The number of fused-ring (bicyclic) bond motifs is 1. The van der Waals surface area contributed by atoms with Gasteiger partial charge in [-0.2, -0.15) is 0 Å². The summed E-state index contributed by atoms with van der Waals surface area (Å²) in [6.45, 7) is 10.4. The van der Waals surface area contributed by atoms with E-state index in [1.807, 2.05) is 6.92 Å². The summed E-state index contributed by atoms with van der Waals surface area (Å²) in [5.41, 5.74) is 0.959. The van der Waals surface area contributed by atoms with Crippen molar-refractivity contribution in [3.63, 3.8) is 0 Å². The lowest BCUT2D eigenvalue weighted by molar-refractivity contribution is -0.0978. The number of nitrogens with one attached hydrogen (secondary N) is 2. The molecule has 3 rings (SSSR count). The van der Waals surface area contributed by atoms with Gasteiger partial charge in [0.2, 0.25) is 0 Å². The third kappa shape index (κ3) is 3.07. The fourth-order valence-corrected chi connectivity index (χ4v) is 3.58. The van der Waals surface area contributed by atoms with Crippen molar-refractivity contribution in [2.24, 2.45) is 5.41 Å². The summed E-state index contributed by atoms with van der Waals surface area (Å²) in [7, 11) is 0. The zero-order valence-electron chi connectivity index (χ0n) is 13.3. The van der Waals surface area contributed by atoms with Crippen LogP contribution in [-0.2, 0) is 4.74 Å². The molecule has 0 unspecified atom stereocenters. The molecule has 0 spiro atoms. The summed E-state index contributed by atoms with van der Waals surface area (Å²) in [5, 5.41) is 7.11. The summed E-state index contributed by atoms with van der Waals surface area (Å²) >= 11 is 1.40. The normalized spacial score (nSPS) is 15.9. The van der Waals surface area contributed by atoms with Crippen LogP contribution >= 0.6 is 11.3 Å². The maximum atomic E-state index is 12.5. The Bertz CT molecular complexity index is 752. The van der Waals surface area contributed by atoms with Crippen LogP contribution in [-0.4, -0.2) is 42.2 Å². The van der Waals surface area contributed by atoms with Crippen LogP contribution in [0.1, 0.15) is 22.2 Å². The van der Waals surface area contributed by atoms with Gasteiger partial charge >= 0.3 is 0 Å². The van der Waals surface area contributed by atoms with E-state index < -0.39 is 0 Å². The molecule has 0 aliphatic carbocycles. The van der Waals surface area contributed by atoms with Crippen LogP contribution in [0.4, 0.5) is 5.82 Å². The number of ether oxygens (including phenoxy) is 1. The molecule has 0 bridgehead atoms. The lowest BCUT2D eigenvalue weighted by Crippen LogP contribution is -2.48. The number of aryl methyl sites for hydroxylation is 1. The number of aromatic nitrogens is 2. The Labute approximate surface area is 139 Å². The van der Waals surface area contributed by atoms with Crippen molar-refractivity contribution >= 4 is 33.3 Å². The highest BCUT2D eigenvalue weighted by molar-refractivity contribution is 7.20. The number of hydrogen-bond acceptors (Lipinski definition) is 6. The van der Waals surface area contributed by atoms with E-state index in [0.717, 1.165) is 21.6 Å². The van der Waals surface area contributed by atoms with Gasteiger partial charge in [-0.05, 0) is 12.5 Å². The minimum atomic E-state index is -0.0618. The van der Waals surface area contributed by atoms with Crippen LogP contribution in [0.15, 0.2) is 19.0 Å². The molecular formula is C16H20N4O2S. The zero-order valence-corrected chi connectivity index (χ0v) is 14.1. The molecule has 2 N–H and O–H groups in total. The number of carbonyl (C=O) groups excluding carboxylic acids is 1. The maximum absolute atomic E-state index is 12.5. The van der Waals surface area contributed by atoms with Crippen molar-refractivity contribution in [1.82, 2.24) is 15.3 Å². The van der Waals surface area contributed by atoms with Crippen molar-refractivity contribution in [3.8, 4) is 0 Å². The highest BCUT2D eigenvalue weighted by Gasteiger charge is 2.34. The van der Waals surface area contributed by atoms with Crippen LogP contribution < -0.4 is 10.6 Å². The molecular weight excluding hydrogens is 312 g/mol. The fraction of sp³-hybridized carbons (Fsp3) is 0.438. The highest BCUT2D eigenvalue weighted by atomic mass is 32.1. The Morgan fingerprint density at radius 2 is 2.30 bits per heavy atom. The molecule has 1 saturated heterocycles. The first-order chi connectivity index (χ1) is 11.0. The lowest BCUT2D eigenvalue weighted by atomic mass is 9.89. The molecule has 3 heterocycles. The number of carbonyl (C=O) groups is 1. The largest absolute Gasteiger partial charge is 0.380 e. The van der Waals surface area contributed by atoms with E-state index >= 15 is 0 Å². The molecule has 1 fully saturated rings. The second kappa shape index (κ2) is 6.25. The number of nitrogens with zero attached hydrogens (tertiary/aromatic N) is 2. The molecule has 1 aliphatic rings. The van der Waals surface area contributed by atoms with E-state index in [4.69, 9.17) is 4.74 Å². The summed E-state index contributed by atoms with van der Waals surface area (Å²) in [4.78, 5) is 22.6. The minimum Gasteiger partial charge on any atom is -0.380 e.